The summed E-state index contributed by atoms with van der Waals surface area (Å²) in [4.78, 5) is 23.8. The Bertz CT molecular complexity index is 1380. The highest BCUT2D eigenvalue weighted by Gasteiger charge is 2.38. The minimum atomic E-state index is -0.975. The van der Waals surface area contributed by atoms with E-state index in [0.29, 0.717) is 65.7 Å². The molecular formula is C27H27F2N5O4. The molecule has 198 valence electrons. The minimum Gasteiger partial charge on any atom is -0.486 e. The fourth-order valence-corrected chi connectivity index (χ4v) is 5.05. The predicted octanol–water partition coefficient (Wildman–Crippen LogP) is 3.79. The van der Waals surface area contributed by atoms with E-state index in [4.69, 9.17) is 14.2 Å². The van der Waals surface area contributed by atoms with Crippen LogP contribution in [0.4, 0.5) is 26.0 Å². The number of aromatic nitrogens is 2. The Morgan fingerprint density at radius 3 is 2.87 bits per heavy atom. The number of nitrogens with zero attached hydrogens (tertiary/aromatic N) is 3. The third-order valence-corrected chi connectivity index (χ3v) is 6.98. The Balaban J connectivity index is 1.25. The molecule has 38 heavy (non-hydrogen) atoms. The van der Waals surface area contributed by atoms with Gasteiger partial charge < -0.3 is 24.8 Å². The maximum absolute atomic E-state index is 13.8. The van der Waals surface area contributed by atoms with Gasteiger partial charge in [-0.25, -0.2) is 18.7 Å². The lowest BCUT2D eigenvalue weighted by Gasteiger charge is -2.25. The van der Waals surface area contributed by atoms with Crippen LogP contribution in [0, 0.1) is 11.6 Å². The number of likely N-dealkylation sites (tertiary alicyclic amines) is 1. The van der Waals surface area contributed by atoms with E-state index in [2.05, 4.69) is 25.5 Å². The van der Waals surface area contributed by atoms with Crippen molar-refractivity contribution >= 4 is 34.0 Å². The number of anilines is 3. The van der Waals surface area contributed by atoms with Crippen LogP contribution in [0.5, 0.6) is 5.75 Å². The maximum atomic E-state index is 13.8. The van der Waals surface area contributed by atoms with E-state index >= 15 is 0 Å². The molecule has 0 aliphatic carbocycles. The molecular weight excluding hydrogens is 496 g/mol. The van der Waals surface area contributed by atoms with Gasteiger partial charge in [-0.1, -0.05) is 6.08 Å². The zero-order chi connectivity index (χ0) is 26.1. The highest BCUT2D eigenvalue weighted by Crippen LogP contribution is 2.35. The number of morpholine rings is 1. The van der Waals surface area contributed by atoms with Crippen LogP contribution in [-0.4, -0.2) is 71.9 Å². The molecule has 6 rings (SSSR count). The number of benzene rings is 2. The molecule has 11 heteroatoms. The van der Waals surface area contributed by atoms with E-state index in [1.165, 1.54) is 18.5 Å². The van der Waals surface area contributed by atoms with Gasteiger partial charge in [0.05, 0.1) is 37.1 Å². The average molecular weight is 524 g/mol. The van der Waals surface area contributed by atoms with Crippen molar-refractivity contribution in [2.45, 2.75) is 31.1 Å². The van der Waals surface area contributed by atoms with Gasteiger partial charge in [-0.05, 0) is 24.6 Å². The van der Waals surface area contributed by atoms with Crippen molar-refractivity contribution < 1.29 is 27.8 Å². The molecule has 1 amide bonds. The van der Waals surface area contributed by atoms with Gasteiger partial charge in [-0.3, -0.25) is 9.69 Å². The summed E-state index contributed by atoms with van der Waals surface area (Å²) < 4.78 is 44.4. The highest BCUT2D eigenvalue weighted by atomic mass is 19.2. The van der Waals surface area contributed by atoms with Gasteiger partial charge in [0.2, 0.25) is 5.91 Å². The summed E-state index contributed by atoms with van der Waals surface area (Å²) in [6.45, 7) is 3.37. The molecule has 2 N–H and O–H groups in total. The monoisotopic (exact) mass is 523 g/mol. The normalized spacial score (nSPS) is 22.9. The first-order valence-corrected chi connectivity index (χ1v) is 12.6. The Hall–Kier alpha value is -3.67. The van der Waals surface area contributed by atoms with E-state index in [9.17, 15) is 13.6 Å². The average Bonchev–Trinajstić information content (AvgIpc) is 3.66. The van der Waals surface area contributed by atoms with Crippen LogP contribution in [0.1, 0.15) is 12.8 Å². The zero-order valence-electron chi connectivity index (χ0n) is 20.5. The zero-order valence-corrected chi connectivity index (χ0v) is 20.5. The molecule has 3 atom stereocenters. The first-order valence-electron chi connectivity index (χ1n) is 12.6. The molecule has 3 aliphatic heterocycles. The van der Waals surface area contributed by atoms with Crippen molar-refractivity contribution in [3.63, 3.8) is 0 Å². The summed E-state index contributed by atoms with van der Waals surface area (Å²) in [7, 11) is 0. The fraction of sp³-hybridized carbons (Fsp3) is 0.370. The standard InChI is InChI=1S/C27H27F2N5O4/c28-21-4-3-16(8-22(21)29)32-27-20-10-24(25(11-23(20)30-15-31-27)38-18-5-7-36-14-18)33-26(35)2-1-6-34-12-19-9-17(34)13-37-19/h1-4,8,10-11,15,17-19H,5-7,9,12-14H2,(H,33,35)(H,30,31,32)/b2-1+/t17-,18-,19-/m0/s1. The van der Waals surface area contributed by atoms with Crippen molar-refractivity contribution in [2.24, 2.45) is 0 Å². The summed E-state index contributed by atoms with van der Waals surface area (Å²) in [6, 6.07) is 7.36. The quantitative estimate of drug-likeness (QED) is 0.431. The number of nitrogens with one attached hydrogen (secondary N) is 2. The lowest BCUT2D eigenvalue weighted by atomic mass is 10.1. The van der Waals surface area contributed by atoms with Crippen LogP contribution < -0.4 is 15.4 Å². The molecule has 0 unspecified atom stereocenters. The van der Waals surface area contributed by atoms with Crippen molar-refractivity contribution in [1.29, 1.82) is 0 Å². The van der Waals surface area contributed by atoms with Gasteiger partial charge >= 0.3 is 0 Å². The number of amides is 1. The Morgan fingerprint density at radius 2 is 2.11 bits per heavy atom. The molecule has 3 aromatic rings. The molecule has 0 spiro atoms. The molecule has 3 fully saturated rings. The summed E-state index contributed by atoms with van der Waals surface area (Å²) >= 11 is 0. The second-order valence-electron chi connectivity index (χ2n) is 9.64. The Kier molecular flexibility index (Phi) is 6.88. The Morgan fingerprint density at radius 1 is 1.18 bits per heavy atom. The summed E-state index contributed by atoms with van der Waals surface area (Å²) in [6.07, 6.45) is 6.67. The van der Waals surface area contributed by atoms with Crippen LogP contribution in [0.2, 0.25) is 0 Å². The molecule has 0 saturated carbocycles. The third-order valence-electron chi connectivity index (χ3n) is 6.98. The number of carbonyl (C=O) groups is 1. The maximum Gasteiger partial charge on any atom is 0.248 e. The van der Waals surface area contributed by atoms with Gasteiger partial charge in [-0.15, -0.1) is 0 Å². The molecule has 4 heterocycles. The summed E-state index contributed by atoms with van der Waals surface area (Å²) in [5, 5.41) is 6.49. The smallest absolute Gasteiger partial charge is 0.248 e. The van der Waals surface area contributed by atoms with E-state index in [1.54, 1.807) is 12.1 Å². The van der Waals surface area contributed by atoms with Crippen LogP contribution >= 0.6 is 0 Å². The van der Waals surface area contributed by atoms with Gasteiger partial charge in [-0.2, -0.15) is 0 Å². The van der Waals surface area contributed by atoms with Gasteiger partial charge in [0.25, 0.3) is 0 Å². The molecule has 2 bridgehead atoms. The molecule has 1 aromatic heterocycles. The van der Waals surface area contributed by atoms with Crippen molar-refractivity contribution in [3.8, 4) is 5.75 Å². The summed E-state index contributed by atoms with van der Waals surface area (Å²) in [5.41, 5.74) is 1.32. The van der Waals surface area contributed by atoms with Crippen LogP contribution in [-0.2, 0) is 14.3 Å². The first kappa shape index (κ1) is 24.7. The molecule has 2 aromatic carbocycles. The van der Waals surface area contributed by atoms with E-state index < -0.39 is 11.6 Å². The fourth-order valence-electron chi connectivity index (χ4n) is 5.05. The van der Waals surface area contributed by atoms with Gasteiger partial charge in [0.1, 0.15) is 24.0 Å². The van der Waals surface area contributed by atoms with E-state index in [-0.39, 0.29) is 12.0 Å². The molecule has 0 radical (unpaired) electrons. The molecule has 3 aliphatic rings. The number of fused-ring (bicyclic) bond motifs is 3. The van der Waals surface area contributed by atoms with E-state index in [0.717, 1.165) is 38.1 Å². The van der Waals surface area contributed by atoms with Crippen molar-refractivity contribution in [2.75, 3.05) is 43.5 Å². The molecule has 3 saturated heterocycles. The second kappa shape index (κ2) is 10.6. The minimum absolute atomic E-state index is 0.145. The SMILES string of the molecule is O=C(/C=C/CN1C[C@@H]2C[C@H]1CO2)Nc1cc2c(Nc3ccc(F)c(F)c3)ncnc2cc1O[C@H]1CCOC1. The lowest BCUT2D eigenvalue weighted by molar-refractivity contribution is -0.111. The van der Waals surface area contributed by atoms with Crippen LogP contribution in [0.15, 0.2) is 48.8 Å². The highest BCUT2D eigenvalue weighted by molar-refractivity contribution is 6.03. The third kappa shape index (κ3) is 5.31. The molecule has 9 nitrogen and oxygen atoms in total. The van der Waals surface area contributed by atoms with Crippen molar-refractivity contribution in [3.05, 3.63) is 60.4 Å². The van der Waals surface area contributed by atoms with Crippen molar-refractivity contribution in [1.82, 2.24) is 14.9 Å². The second-order valence-corrected chi connectivity index (χ2v) is 9.64. The lowest BCUT2D eigenvalue weighted by Crippen LogP contribution is -2.36. The number of hydrogen-bond donors (Lipinski definition) is 2. The van der Waals surface area contributed by atoms with E-state index in [1.807, 2.05) is 6.08 Å². The number of rotatable bonds is 8. The van der Waals surface area contributed by atoms with Crippen LogP contribution in [0.3, 0.4) is 0 Å². The van der Waals surface area contributed by atoms with Crippen LogP contribution in [0.25, 0.3) is 10.9 Å². The summed E-state index contributed by atoms with van der Waals surface area (Å²) in [5.74, 6) is -1.39. The topological polar surface area (TPSA) is 97.8 Å². The predicted molar refractivity (Wildman–Crippen MR) is 137 cm³/mol. The first-order chi connectivity index (χ1) is 18.5. The largest absolute Gasteiger partial charge is 0.486 e. The van der Waals surface area contributed by atoms with Gasteiger partial charge in [0.15, 0.2) is 11.6 Å². The van der Waals surface area contributed by atoms with Gasteiger partial charge in [0, 0.05) is 54.8 Å². The number of carbonyl (C=O) groups excluding carboxylic acids is 1. The number of halogens is 2. The Labute approximate surface area is 217 Å². The number of hydrogen-bond acceptors (Lipinski definition) is 8. The number of ether oxygens (including phenoxy) is 3.